The number of hydrogen-bond donors (Lipinski definition) is 0. The minimum absolute atomic E-state index is 0.246. The van der Waals surface area contributed by atoms with Crippen molar-refractivity contribution in [3.05, 3.63) is 34.5 Å². The fraction of sp³-hybridized carbons (Fsp3) is 0.478. The van der Waals surface area contributed by atoms with Crippen molar-refractivity contribution in [1.29, 1.82) is 0 Å². The van der Waals surface area contributed by atoms with E-state index in [1.807, 2.05) is 18.2 Å². The van der Waals surface area contributed by atoms with Crippen molar-refractivity contribution in [2.24, 2.45) is 5.92 Å². The summed E-state index contributed by atoms with van der Waals surface area (Å²) in [5.41, 5.74) is 1.37. The Bertz CT molecular complexity index is 1130. The van der Waals surface area contributed by atoms with Crippen molar-refractivity contribution < 1.29 is 18.9 Å². The fourth-order valence-corrected chi connectivity index (χ4v) is 5.90. The number of hydrogen-bond acceptors (Lipinski definition) is 8. The molecule has 2 aliphatic heterocycles. The van der Waals surface area contributed by atoms with Crippen LogP contribution in [0, 0.1) is 5.92 Å². The topological polar surface area (TPSA) is 65.9 Å². The van der Waals surface area contributed by atoms with Gasteiger partial charge in [0.2, 0.25) is 12.7 Å². The molecule has 0 spiro atoms. The Morgan fingerprint density at radius 2 is 2.03 bits per heavy atom. The van der Waals surface area contributed by atoms with Gasteiger partial charge in [0.25, 0.3) is 0 Å². The Morgan fingerprint density at radius 1 is 1.16 bits per heavy atom. The van der Waals surface area contributed by atoms with Crippen LogP contribution < -0.4 is 14.2 Å². The summed E-state index contributed by atoms with van der Waals surface area (Å²) in [6.07, 6.45) is 3.36. The lowest BCUT2D eigenvalue weighted by Crippen LogP contribution is -2.36. The van der Waals surface area contributed by atoms with Crippen molar-refractivity contribution in [3.63, 3.8) is 0 Å². The number of aryl methyl sites for hydroxylation is 1. The summed E-state index contributed by atoms with van der Waals surface area (Å²) in [6.45, 7) is 6.59. The second-order valence-corrected chi connectivity index (χ2v) is 9.57. The smallest absolute Gasteiger partial charge is 0.231 e. The van der Waals surface area contributed by atoms with Crippen LogP contribution >= 0.6 is 11.3 Å². The van der Waals surface area contributed by atoms with E-state index in [2.05, 4.69) is 11.8 Å². The zero-order chi connectivity index (χ0) is 20.8. The Hall–Kier alpha value is -2.42. The van der Waals surface area contributed by atoms with Crippen LogP contribution in [0.4, 0.5) is 0 Å². The number of thiophene rings is 1. The van der Waals surface area contributed by atoms with Gasteiger partial charge in [0.1, 0.15) is 16.4 Å². The van der Waals surface area contributed by atoms with Gasteiger partial charge in [-0.05, 0) is 42.9 Å². The first-order valence-corrected chi connectivity index (χ1v) is 11.7. The number of fused-ring (bicyclic) bond motifs is 4. The molecular formula is C23H25N3O4S. The molecule has 2 aromatic heterocycles. The second-order valence-electron chi connectivity index (χ2n) is 8.48. The first-order chi connectivity index (χ1) is 15.2. The van der Waals surface area contributed by atoms with Gasteiger partial charge in [0.05, 0.1) is 25.1 Å². The van der Waals surface area contributed by atoms with Crippen LogP contribution in [0.2, 0.25) is 0 Å². The Kier molecular flexibility index (Phi) is 4.93. The van der Waals surface area contributed by atoms with Crippen molar-refractivity contribution in [2.75, 3.05) is 33.1 Å². The van der Waals surface area contributed by atoms with Gasteiger partial charge in [0.15, 0.2) is 11.5 Å². The molecule has 4 heterocycles. The van der Waals surface area contributed by atoms with Crippen LogP contribution in [-0.2, 0) is 24.1 Å². The van der Waals surface area contributed by atoms with Crippen LogP contribution in [0.5, 0.6) is 23.1 Å². The predicted molar refractivity (Wildman–Crippen MR) is 117 cm³/mol. The van der Waals surface area contributed by atoms with Gasteiger partial charge >= 0.3 is 0 Å². The molecule has 6 rings (SSSR count). The SMILES string of the molecule is C[C@@H]1CCc2c(sc3nc(CN4CCOCC4)nc(Oc4ccc5c(c4)OCO5)c23)C1. The minimum atomic E-state index is 0.246. The zero-order valence-electron chi connectivity index (χ0n) is 17.6. The molecule has 1 fully saturated rings. The normalized spacial score (nSPS) is 20.7. The summed E-state index contributed by atoms with van der Waals surface area (Å²) in [5, 5.41) is 1.08. The number of morpholine rings is 1. The summed E-state index contributed by atoms with van der Waals surface area (Å²) < 4.78 is 22.8. The third-order valence-corrected chi connectivity index (χ3v) is 7.34. The summed E-state index contributed by atoms with van der Waals surface area (Å²) in [4.78, 5) is 14.7. The molecule has 0 unspecified atom stereocenters. The third-order valence-electron chi connectivity index (χ3n) is 6.20. The van der Waals surface area contributed by atoms with Gasteiger partial charge in [-0.1, -0.05) is 6.92 Å². The molecule has 0 N–H and O–H groups in total. The van der Waals surface area contributed by atoms with E-state index >= 15 is 0 Å². The van der Waals surface area contributed by atoms with Crippen molar-refractivity contribution in [1.82, 2.24) is 14.9 Å². The van der Waals surface area contributed by atoms with Crippen LogP contribution in [0.15, 0.2) is 18.2 Å². The summed E-state index contributed by atoms with van der Waals surface area (Å²) in [5.74, 6) is 4.31. The maximum Gasteiger partial charge on any atom is 0.231 e. The number of ether oxygens (including phenoxy) is 4. The standard InChI is InChI=1S/C23H25N3O4S/c1-14-2-4-16-19(10-14)31-23-21(16)22(24-20(25-23)12-26-6-8-27-9-7-26)30-15-3-5-17-18(11-15)29-13-28-17/h3,5,11,14H,2,4,6-10,12-13H2,1H3/t14-/m1/s1. The lowest BCUT2D eigenvalue weighted by atomic mass is 9.89. The third kappa shape index (κ3) is 3.73. The van der Waals surface area contributed by atoms with Gasteiger partial charge in [0, 0.05) is 24.0 Å². The van der Waals surface area contributed by atoms with Gasteiger partial charge in [-0.25, -0.2) is 4.98 Å². The average Bonchev–Trinajstić information content (AvgIpc) is 3.37. The molecule has 1 aliphatic carbocycles. The minimum Gasteiger partial charge on any atom is -0.454 e. The number of rotatable bonds is 4. The van der Waals surface area contributed by atoms with Crippen molar-refractivity contribution in [3.8, 4) is 23.1 Å². The highest BCUT2D eigenvalue weighted by Crippen LogP contribution is 2.43. The first kappa shape index (κ1) is 19.3. The first-order valence-electron chi connectivity index (χ1n) is 10.9. The Balaban J connectivity index is 1.40. The molecular weight excluding hydrogens is 414 g/mol. The molecule has 0 saturated carbocycles. The highest BCUT2D eigenvalue weighted by Gasteiger charge is 2.26. The monoisotopic (exact) mass is 439 g/mol. The molecule has 1 atom stereocenters. The molecule has 3 aromatic rings. The van der Waals surface area contributed by atoms with Gasteiger partial charge in [-0.3, -0.25) is 4.90 Å². The number of nitrogens with zero attached hydrogens (tertiary/aromatic N) is 3. The molecule has 31 heavy (non-hydrogen) atoms. The molecule has 3 aliphatic rings. The van der Waals surface area contributed by atoms with E-state index in [-0.39, 0.29) is 6.79 Å². The molecule has 1 saturated heterocycles. The molecule has 0 amide bonds. The van der Waals surface area contributed by atoms with E-state index < -0.39 is 0 Å². The van der Waals surface area contributed by atoms with E-state index in [4.69, 9.17) is 28.9 Å². The van der Waals surface area contributed by atoms with E-state index in [9.17, 15) is 0 Å². The Morgan fingerprint density at radius 3 is 2.94 bits per heavy atom. The highest BCUT2D eigenvalue weighted by atomic mass is 32.1. The van der Waals surface area contributed by atoms with Crippen LogP contribution in [0.3, 0.4) is 0 Å². The van der Waals surface area contributed by atoms with Crippen LogP contribution in [0.1, 0.15) is 29.6 Å². The van der Waals surface area contributed by atoms with E-state index in [1.54, 1.807) is 11.3 Å². The largest absolute Gasteiger partial charge is 0.454 e. The maximum atomic E-state index is 6.37. The average molecular weight is 440 g/mol. The molecule has 8 heteroatoms. The molecule has 7 nitrogen and oxygen atoms in total. The van der Waals surface area contributed by atoms with E-state index in [0.29, 0.717) is 29.8 Å². The molecule has 162 valence electrons. The number of aromatic nitrogens is 2. The summed E-state index contributed by atoms with van der Waals surface area (Å²) in [6, 6.07) is 5.66. The van der Waals surface area contributed by atoms with Gasteiger partial charge in [-0.2, -0.15) is 4.98 Å². The lowest BCUT2D eigenvalue weighted by molar-refractivity contribution is 0.0330. The summed E-state index contributed by atoms with van der Waals surface area (Å²) >= 11 is 1.81. The quantitative estimate of drug-likeness (QED) is 0.604. The van der Waals surface area contributed by atoms with Gasteiger partial charge in [-0.15, -0.1) is 11.3 Å². The second kappa shape index (κ2) is 7.93. The number of benzene rings is 1. The van der Waals surface area contributed by atoms with Crippen LogP contribution in [0.25, 0.3) is 10.2 Å². The highest BCUT2D eigenvalue weighted by molar-refractivity contribution is 7.18. The lowest BCUT2D eigenvalue weighted by Gasteiger charge is -2.25. The zero-order valence-corrected chi connectivity index (χ0v) is 18.4. The Labute approximate surface area is 184 Å². The maximum absolute atomic E-state index is 6.37. The van der Waals surface area contributed by atoms with E-state index in [1.165, 1.54) is 16.9 Å². The molecule has 0 bridgehead atoms. The molecule has 1 aromatic carbocycles. The fourth-order valence-electron chi connectivity index (χ4n) is 4.51. The van der Waals surface area contributed by atoms with E-state index in [0.717, 1.165) is 60.9 Å². The summed E-state index contributed by atoms with van der Waals surface area (Å²) in [7, 11) is 0. The van der Waals surface area contributed by atoms with Crippen molar-refractivity contribution >= 4 is 21.6 Å². The molecule has 0 radical (unpaired) electrons. The van der Waals surface area contributed by atoms with Crippen molar-refractivity contribution in [2.45, 2.75) is 32.7 Å². The predicted octanol–water partition coefficient (Wildman–Crippen LogP) is 4.17. The van der Waals surface area contributed by atoms with Crippen LogP contribution in [-0.4, -0.2) is 48.0 Å². The van der Waals surface area contributed by atoms with Gasteiger partial charge < -0.3 is 18.9 Å².